The molecule has 1 aromatic rings. The van der Waals surface area contributed by atoms with Gasteiger partial charge in [-0.05, 0) is 43.2 Å². The summed E-state index contributed by atoms with van der Waals surface area (Å²) in [4.78, 5) is 2.65. The molecule has 2 atom stereocenters. The van der Waals surface area contributed by atoms with Crippen molar-refractivity contribution >= 4 is 5.69 Å². The van der Waals surface area contributed by atoms with Crippen molar-refractivity contribution in [2.75, 3.05) is 18.0 Å². The summed E-state index contributed by atoms with van der Waals surface area (Å²) in [5.41, 5.74) is 9.47. The predicted molar refractivity (Wildman–Crippen MR) is 86.1 cm³/mol. The monoisotopic (exact) mass is 272 g/mol. The first kappa shape index (κ1) is 13.9. The van der Waals surface area contributed by atoms with Crippen molar-refractivity contribution in [3.63, 3.8) is 0 Å². The Morgan fingerprint density at radius 3 is 2.90 bits per heavy atom. The van der Waals surface area contributed by atoms with Gasteiger partial charge in [-0.1, -0.05) is 44.4 Å². The summed E-state index contributed by atoms with van der Waals surface area (Å²) in [5.74, 6) is 0.918. The molecule has 0 amide bonds. The van der Waals surface area contributed by atoms with Gasteiger partial charge in [0.15, 0.2) is 0 Å². The highest BCUT2D eigenvalue weighted by Gasteiger charge is 2.39. The minimum atomic E-state index is 0.219. The van der Waals surface area contributed by atoms with Crippen molar-refractivity contribution in [2.24, 2.45) is 11.7 Å². The maximum absolute atomic E-state index is 6.29. The number of nitrogens with zero attached hydrogens (tertiary/aromatic N) is 1. The molecule has 2 unspecified atom stereocenters. The Kier molecular flexibility index (Phi) is 4.02. The van der Waals surface area contributed by atoms with E-state index < -0.39 is 0 Å². The van der Waals surface area contributed by atoms with E-state index in [0.29, 0.717) is 0 Å². The molecule has 1 aliphatic heterocycles. The second-order valence-electron chi connectivity index (χ2n) is 6.66. The van der Waals surface area contributed by atoms with Crippen LogP contribution >= 0.6 is 0 Å². The maximum Gasteiger partial charge on any atom is 0.0524 e. The van der Waals surface area contributed by atoms with Crippen molar-refractivity contribution in [1.82, 2.24) is 0 Å². The van der Waals surface area contributed by atoms with Gasteiger partial charge in [0, 0.05) is 18.8 Å². The summed E-state index contributed by atoms with van der Waals surface area (Å²) in [6, 6.07) is 8.91. The number of hydrogen-bond acceptors (Lipinski definition) is 2. The predicted octanol–water partition coefficient (Wildman–Crippen LogP) is 3.74. The summed E-state index contributed by atoms with van der Waals surface area (Å²) >= 11 is 0. The minimum Gasteiger partial charge on any atom is -0.364 e. The number of para-hydroxylation sites is 1. The molecule has 0 radical (unpaired) electrons. The SMILES string of the molecule is CCC1CCCC(CN)(N2CCc3ccccc32)CC1. The van der Waals surface area contributed by atoms with Crippen LogP contribution in [0.15, 0.2) is 24.3 Å². The van der Waals surface area contributed by atoms with E-state index in [-0.39, 0.29) is 5.54 Å². The van der Waals surface area contributed by atoms with Crippen molar-refractivity contribution in [2.45, 2.75) is 57.4 Å². The average molecular weight is 272 g/mol. The number of anilines is 1. The summed E-state index contributed by atoms with van der Waals surface area (Å²) in [6.07, 6.45) is 9.16. The summed E-state index contributed by atoms with van der Waals surface area (Å²) in [5, 5.41) is 0. The van der Waals surface area contributed by atoms with E-state index in [0.717, 1.165) is 19.0 Å². The van der Waals surface area contributed by atoms with Gasteiger partial charge in [0.05, 0.1) is 5.54 Å². The van der Waals surface area contributed by atoms with Gasteiger partial charge in [0.2, 0.25) is 0 Å². The van der Waals surface area contributed by atoms with E-state index in [1.165, 1.54) is 56.2 Å². The first-order chi connectivity index (χ1) is 9.79. The highest BCUT2D eigenvalue weighted by molar-refractivity contribution is 5.60. The second kappa shape index (κ2) is 5.77. The lowest BCUT2D eigenvalue weighted by atomic mass is 9.87. The zero-order valence-corrected chi connectivity index (χ0v) is 12.8. The third-order valence-electron chi connectivity index (χ3n) is 5.69. The van der Waals surface area contributed by atoms with Crippen LogP contribution in [0.25, 0.3) is 0 Å². The molecular weight excluding hydrogens is 244 g/mol. The molecule has 0 saturated heterocycles. The summed E-state index contributed by atoms with van der Waals surface area (Å²) in [7, 11) is 0. The molecule has 2 aliphatic rings. The van der Waals surface area contributed by atoms with Gasteiger partial charge in [-0.3, -0.25) is 0 Å². The van der Waals surface area contributed by atoms with Crippen LogP contribution in [0.3, 0.4) is 0 Å². The van der Waals surface area contributed by atoms with Crippen LogP contribution in [-0.4, -0.2) is 18.6 Å². The first-order valence-electron chi connectivity index (χ1n) is 8.35. The smallest absolute Gasteiger partial charge is 0.0524 e. The summed E-state index contributed by atoms with van der Waals surface area (Å²) < 4.78 is 0. The number of nitrogens with two attached hydrogens (primary N) is 1. The Morgan fingerprint density at radius 1 is 1.25 bits per heavy atom. The highest BCUT2D eigenvalue weighted by atomic mass is 15.2. The van der Waals surface area contributed by atoms with E-state index in [2.05, 4.69) is 36.1 Å². The largest absolute Gasteiger partial charge is 0.364 e. The zero-order chi connectivity index (χ0) is 14.0. The maximum atomic E-state index is 6.29. The number of hydrogen-bond donors (Lipinski definition) is 1. The normalized spacial score (nSPS) is 30.1. The van der Waals surface area contributed by atoms with Crippen LogP contribution in [0.1, 0.15) is 51.0 Å². The van der Waals surface area contributed by atoms with Crippen molar-refractivity contribution in [3.8, 4) is 0 Å². The highest BCUT2D eigenvalue weighted by Crippen LogP contribution is 2.41. The molecule has 2 nitrogen and oxygen atoms in total. The molecule has 1 aliphatic carbocycles. The lowest BCUT2D eigenvalue weighted by Gasteiger charge is -2.43. The molecule has 1 aromatic carbocycles. The molecule has 110 valence electrons. The van der Waals surface area contributed by atoms with Crippen LogP contribution < -0.4 is 10.6 Å². The van der Waals surface area contributed by atoms with Gasteiger partial charge < -0.3 is 10.6 Å². The number of fused-ring (bicyclic) bond motifs is 1. The fraction of sp³-hybridized carbons (Fsp3) is 0.667. The third-order valence-corrected chi connectivity index (χ3v) is 5.69. The zero-order valence-electron chi connectivity index (χ0n) is 12.8. The van der Waals surface area contributed by atoms with E-state index in [1.54, 1.807) is 0 Å². The molecule has 20 heavy (non-hydrogen) atoms. The number of benzene rings is 1. The van der Waals surface area contributed by atoms with Gasteiger partial charge in [-0.15, -0.1) is 0 Å². The van der Waals surface area contributed by atoms with Crippen LogP contribution in [0, 0.1) is 5.92 Å². The van der Waals surface area contributed by atoms with Crippen molar-refractivity contribution < 1.29 is 0 Å². The molecule has 0 bridgehead atoms. The first-order valence-corrected chi connectivity index (χ1v) is 8.35. The Labute approximate surface area is 123 Å². The molecule has 3 rings (SSSR count). The fourth-order valence-electron chi connectivity index (χ4n) is 4.29. The quantitative estimate of drug-likeness (QED) is 0.849. The standard InChI is InChI=1S/C18H28N2/c1-2-15-6-5-11-18(14-19,12-9-15)20-13-10-16-7-3-4-8-17(16)20/h3-4,7-8,15H,2,5-6,9-14,19H2,1H3. The molecule has 1 fully saturated rings. The van der Waals surface area contributed by atoms with Crippen LogP contribution in [-0.2, 0) is 6.42 Å². The van der Waals surface area contributed by atoms with E-state index in [9.17, 15) is 0 Å². The lowest BCUT2D eigenvalue weighted by molar-refractivity contribution is 0.344. The minimum absolute atomic E-state index is 0.219. The Balaban J connectivity index is 1.86. The third kappa shape index (κ3) is 2.35. The Hall–Kier alpha value is -1.02. The molecule has 1 saturated carbocycles. The van der Waals surface area contributed by atoms with Gasteiger partial charge in [0.1, 0.15) is 0 Å². The van der Waals surface area contributed by atoms with Gasteiger partial charge >= 0.3 is 0 Å². The topological polar surface area (TPSA) is 29.3 Å². The molecule has 1 heterocycles. The van der Waals surface area contributed by atoms with Gasteiger partial charge in [-0.2, -0.15) is 0 Å². The summed E-state index contributed by atoms with van der Waals surface area (Å²) in [6.45, 7) is 4.30. The van der Waals surface area contributed by atoms with Crippen LogP contribution in [0.5, 0.6) is 0 Å². The fourth-order valence-corrected chi connectivity index (χ4v) is 4.29. The van der Waals surface area contributed by atoms with E-state index in [4.69, 9.17) is 5.73 Å². The lowest BCUT2D eigenvalue weighted by Crippen LogP contribution is -2.53. The number of rotatable bonds is 3. The molecular formula is C18H28N2. The second-order valence-corrected chi connectivity index (χ2v) is 6.66. The Morgan fingerprint density at radius 2 is 2.10 bits per heavy atom. The van der Waals surface area contributed by atoms with E-state index in [1.807, 2.05) is 0 Å². The van der Waals surface area contributed by atoms with Crippen LogP contribution in [0.4, 0.5) is 5.69 Å². The Bertz CT molecular complexity index is 456. The molecule has 2 N–H and O–H groups in total. The molecule has 2 heteroatoms. The van der Waals surface area contributed by atoms with Crippen molar-refractivity contribution in [1.29, 1.82) is 0 Å². The van der Waals surface area contributed by atoms with Gasteiger partial charge in [0.25, 0.3) is 0 Å². The molecule has 0 aromatic heterocycles. The van der Waals surface area contributed by atoms with Gasteiger partial charge in [-0.25, -0.2) is 0 Å². The average Bonchev–Trinajstić information content (AvgIpc) is 2.81. The van der Waals surface area contributed by atoms with E-state index >= 15 is 0 Å². The van der Waals surface area contributed by atoms with Crippen LogP contribution in [0.2, 0.25) is 0 Å². The molecule has 0 spiro atoms. The van der Waals surface area contributed by atoms with Crippen molar-refractivity contribution in [3.05, 3.63) is 29.8 Å².